The monoisotopic (exact) mass is 526 g/mol. The van der Waals surface area contributed by atoms with Crippen molar-refractivity contribution in [2.45, 2.75) is 0 Å². The minimum atomic E-state index is 0.674. The van der Waals surface area contributed by atoms with Gasteiger partial charge in [0.15, 0.2) is 0 Å². The molecule has 4 aromatic carbocycles. The van der Waals surface area contributed by atoms with Crippen LogP contribution >= 0.6 is 0 Å². The van der Waals surface area contributed by atoms with Crippen molar-refractivity contribution in [1.82, 2.24) is 0 Å². The lowest BCUT2D eigenvalue weighted by molar-refractivity contribution is 1.63. The highest BCUT2D eigenvalue weighted by molar-refractivity contribution is 5.89. The van der Waals surface area contributed by atoms with E-state index in [1.54, 1.807) is 12.2 Å². The summed E-state index contributed by atoms with van der Waals surface area (Å²) in [5, 5.41) is 0. The Labute approximate surface area is 247 Å². The zero-order valence-corrected chi connectivity index (χ0v) is 22.7. The molecule has 0 aliphatic heterocycles. The second-order valence-electron chi connectivity index (χ2n) is 8.83. The van der Waals surface area contributed by atoms with E-state index in [0.717, 1.165) is 22.3 Å². The van der Waals surface area contributed by atoms with Crippen molar-refractivity contribution in [3.63, 3.8) is 0 Å². The highest BCUT2D eigenvalue weighted by Gasteiger charge is 2.01. The molecule has 1 aliphatic rings. The molecule has 0 nitrogen and oxygen atoms in total. The highest BCUT2D eigenvalue weighted by Crippen LogP contribution is 2.18. The van der Waals surface area contributed by atoms with Crippen molar-refractivity contribution in [2.75, 3.05) is 0 Å². The largest absolute Gasteiger partial charge is 0.0824 e. The second-order valence-corrected chi connectivity index (χ2v) is 8.83. The summed E-state index contributed by atoms with van der Waals surface area (Å²) in [7, 11) is 0. The fourth-order valence-electron chi connectivity index (χ4n) is 3.87. The standard InChI is InChI=1S/C42H22/c1-2-4-10-28-40(36-21-13-6-14-22-36)30-32-42(38-25-17-8-18-26-38)34-33-41(37-23-15-7-16-24-37)31-29-39(27-9-3-1)35-19-11-5-12-20-35/h3-8,11-26H. The summed E-state index contributed by atoms with van der Waals surface area (Å²) in [6.07, 6.45) is 3.21. The van der Waals surface area contributed by atoms with E-state index in [1.807, 2.05) is 121 Å². The van der Waals surface area contributed by atoms with Crippen LogP contribution in [-0.4, -0.2) is 0 Å². The van der Waals surface area contributed by atoms with Gasteiger partial charge in [0.25, 0.3) is 0 Å². The van der Waals surface area contributed by atoms with Crippen LogP contribution < -0.4 is 0 Å². The minimum absolute atomic E-state index is 0.674. The predicted octanol–water partition coefficient (Wildman–Crippen LogP) is 8.72. The van der Waals surface area contributed by atoms with Crippen LogP contribution in [0.15, 0.2) is 168 Å². The van der Waals surface area contributed by atoms with Gasteiger partial charge in [-0.2, -0.15) is 0 Å². The topological polar surface area (TPSA) is 0 Å². The number of hydrogen-bond donors (Lipinski definition) is 0. The first-order chi connectivity index (χ1) is 20.9. The molecular weight excluding hydrogens is 504 g/mol. The molecule has 4 aromatic rings. The van der Waals surface area contributed by atoms with Gasteiger partial charge in [0, 0.05) is 12.2 Å². The van der Waals surface area contributed by atoms with Crippen LogP contribution in [0, 0.1) is 35.5 Å². The Balaban J connectivity index is 1.84. The van der Waals surface area contributed by atoms with E-state index in [0.29, 0.717) is 22.3 Å². The Morgan fingerprint density at radius 3 is 0.833 bits per heavy atom. The van der Waals surface area contributed by atoms with Gasteiger partial charge in [0.1, 0.15) is 0 Å². The van der Waals surface area contributed by atoms with Crippen LogP contribution in [0.25, 0.3) is 22.3 Å². The summed E-state index contributed by atoms with van der Waals surface area (Å²) in [5.41, 5.74) is 25.4. The Hall–Kier alpha value is -6.54. The fraction of sp³-hybridized carbons (Fsp3) is 0. The van der Waals surface area contributed by atoms with Gasteiger partial charge in [-0.25, -0.2) is 0 Å². The molecule has 0 heterocycles. The molecule has 0 aromatic heterocycles. The minimum Gasteiger partial charge on any atom is -0.0622 e. The summed E-state index contributed by atoms with van der Waals surface area (Å²) in [5.74, 6) is 19.0. The van der Waals surface area contributed by atoms with Crippen molar-refractivity contribution in [3.05, 3.63) is 190 Å². The third-order valence-corrected chi connectivity index (χ3v) is 5.95. The van der Waals surface area contributed by atoms with E-state index in [-0.39, 0.29) is 0 Å². The van der Waals surface area contributed by atoms with Crippen LogP contribution in [0.3, 0.4) is 0 Å². The Morgan fingerprint density at radius 1 is 0.286 bits per heavy atom. The van der Waals surface area contributed by atoms with Gasteiger partial charge in [0.2, 0.25) is 0 Å². The van der Waals surface area contributed by atoms with Crippen LogP contribution in [0.2, 0.25) is 0 Å². The zero-order chi connectivity index (χ0) is 28.7. The first-order valence-corrected chi connectivity index (χ1v) is 13.3. The molecule has 42 heavy (non-hydrogen) atoms. The molecule has 0 fully saturated rings. The van der Waals surface area contributed by atoms with E-state index in [1.165, 1.54) is 0 Å². The summed E-state index contributed by atoms with van der Waals surface area (Å²) < 4.78 is 0. The Bertz CT molecular complexity index is 1950. The summed E-state index contributed by atoms with van der Waals surface area (Å²) in [4.78, 5) is 0. The smallest absolute Gasteiger partial charge is 0.0622 e. The van der Waals surface area contributed by atoms with Gasteiger partial charge < -0.3 is 0 Å². The first-order valence-electron chi connectivity index (χ1n) is 13.3. The Kier molecular flexibility index (Phi) is 9.38. The summed E-state index contributed by atoms with van der Waals surface area (Å²) in [6.45, 7) is 0. The number of allylic oxidation sites excluding steroid dienone is 6. The SMILES string of the molecule is C1=C=C(c2ccccc2)C#CC(c2ccccc2)=C=C=C(c2ccccc2)C#CC(c2ccccc2)=C=C=CC#CC=1. The van der Waals surface area contributed by atoms with Crippen LogP contribution in [-0.2, 0) is 0 Å². The second kappa shape index (κ2) is 14.6. The van der Waals surface area contributed by atoms with Gasteiger partial charge in [-0.15, -0.1) is 0 Å². The summed E-state index contributed by atoms with van der Waals surface area (Å²) in [6, 6.07) is 39.6. The van der Waals surface area contributed by atoms with Gasteiger partial charge >= 0.3 is 0 Å². The maximum Gasteiger partial charge on any atom is 0.0824 e. The molecule has 1 aliphatic carbocycles. The molecule has 0 saturated heterocycles. The van der Waals surface area contributed by atoms with Crippen molar-refractivity contribution >= 4 is 22.3 Å². The molecule has 0 spiro atoms. The molecule has 0 heteroatoms. The van der Waals surface area contributed by atoms with Crippen molar-refractivity contribution in [3.8, 4) is 35.5 Å². The van der Waals surface area contributed by atoms with E-state index in [4.69, 9.17) is 0 Å². The lowest BCUT2D eigenvalue weighted by Gasteiger charge is -1.99. The van der Waals surface area contributed by atoms with Gasteiger partial charge in [-0.1, -0.05) is 191 Å². The van der Waals surface area contributed by atoms with Gasteiger partial charge in [0.05, 0.1) is 22.3 Å². The van der Waals surface area contributed by atoms with E-state index in [9.17, 15) is 0 Å². The quantitative estimate of drug-likeness (QED) is 0.184. The number of benzene rings is 4. The average Bonchev–Trinajstić information content (AvgIpc) is 3.06. The first kappa shape index (κ1) is 27.0. The number of rotatable bonds is 4. The summed E-state index contributed by atoms with van der Waals surface area (Å²) >= 11 is 0. The van der Waals surface area contributed by atoms with Crippen molar-refractivity contribution in [1.29, 1.82) is 0 Å². The molecule has 5 rings (SSSR count). The van der Waals surface area contributed by atoms with Crippen molar-refractivity contribution in [2.24, 2.45) is 0 Å². The highest BCUT2D eigenvalue weighted by atomic mass is 14.0. The zero-order valence-electron chi connectivity index (χ0n) is 22.7. The van der Waals surface area contributed by atoms with Crippen LogP contribution in [0.1, 0.15) is 22.3 Å². The van der Waals surface area contributed by atoms with E-state index in [2.05, 4.69) is 69.9 Å². The van der Waals surface area contributed by atoms with Gasteiger partial charge in [-0.3, -0.25) is 0 Å². The third-order valence-electron chi connectivity index (χ3n) is 5.95. The van der Waals surface area contributed by atoms with Crippen LogP contribution in [0.4, 0.5) is 0 Å². The molecular formula is C42H22. The van der Waals surface area contributed by atoms with E-state index >= 15 is 0 Å². The predicted molar refractivity (Wildman–Crippen MR) is 173 cm³/mol. The molecule has 0 saturated carbocycles. The molecule has 0 N–H and O–H groups in total. The molecule has 0 amide bonds. The maximum absolute atomic E-state index is 3.33. The van der Waals surface area contributed by atoms with E-state index < -0.39 is 0 Å². The van der Waals surface area contributed by atoms with Gasteiger partial charge in [-0.05, 0) is 22.3 Å². The third kappa shape index (κ3) is 7.75. The normalized spacial score (nSPS) is 12.0. The lowest BCUT2D eigenvalue weighted by Crippen LogP contribution is -1.83. The molecule has 0 bridgehead atoms. The molecule has 0 radical (unpaired) electrons. The lowest BCUT2D eigenvalue weighted by atomic mass is 10.0. The fourth-order valence-corrected chi connectivity index (χ4v) is 3.87. The molecule has 0 atom stereocenters. The number of hydrogen-bond acceptors (Lipinski definition) is 0. The average molecular weight is 527 g/mol. The Morgan fingerprint density at radius 2 is 0.548 bits per heavy atom. The van der Waals surface area contributed by atoms with Crippen molar-refractivity contribution < 1.29 is 0 Å². The molecule has 0 unspecified atom stereocenters. The van der Waals surface area contributed by atoms with Crippen LogP contribution in [0.5, 0.6) is 0 Å². The maximum atomic E-state index is 3.33. The molecule has 190 valence electrons.